The third kappa shape index (κ3) is 2.44. The van der Waals surface area contributed by atoms with Crippen LogP contribution in [0.1, 0.15) is 28.6 Å². The predicted molar refractivity (Wildman–Crippen MR) is 74.2 cm³/mol. The molecule has 0 radical (unpaired) electrons. The minimum absolute atomic E-state index is 0.423. The zero-order valence-corrected chi connectivity index (χ0v) is 11.7. The molecular weight excluding hydrogens is 296 g/mol. The summed E-state index contributed by atoms with van der Waals surface area (Å²) in [7, 11) is 0. The topological polar surface area (TPSA) is 24.9 Å². The van der Waals surface area contributed by atoms with Gasteiger partial charge in [-0.15, -0.1) is 11.3 Å². The van der Waals surface area contributed by atoms with Crippen LogP contribution in [0.2, 0.25) is 0 Å². The summed E-state index contributed by atoms with van der Waals surface area (Å²) in [6.07, 6.45) is 4.20. The second-order valence-electron chi connectivity index (χ2n) is 4.23. The number of thiophene rings is 1. The Labute approximate surface area is 113 Å². The fourth-order valence-corrected chi connectivity index (χ4v) is 3.72. The van der Waals surface area contributed by atoms with Gasteiger partial charge in [-0.1, -0.05) is 6.07 Å². The first kappa shape index (κ1) is 11.4. The van der Waals surface area contributed by atoms with Crippen molar-refractivity contribution in [3.8, 4) is 0 Å². The van der Waals surface area contributed by atoms with E-state index in [4.69, 9.17) is 0 Å². The number of aromatic nitrogens is 1. The summed E-state index contributed by atoms with van der Waals surface area (Å²) >= 11 is 5.28. The van der Waals surface area contributed by atoms with Crippen molar-refractivity contribution in [2.24, 2.45) is 0 Å². The minimum atomic E-state index is 0.423. The third-order valence-electron chi connectivity index (χ3n) is 3.11. The molecule has 17 heavy (non-hydrogen) atoms. The molecule has 0 fully saturated rings. The molecule has 2 heterocycles. The maximum atomic E-state index is 4.49. The van der Waals surface area contributed by atoms with Gasteiger partial charge in [0.1, 0.15) is 0 Å². The Bertz CT molecular complexity index is 524. The van der Waals surface area contributed by atoms with E-state index >= 15 is 0 Å². The summed E-state index contributed by atoms with van der Waals surface area (Å²) in [4.78, 5) is 5.85. The zero-order chi connectivity index (χ0) is 11.7. The molecule has 1 aliphatic rings. The number of halogens is 1. The van der Waals surface area contributed by atoms with Gasteiger partial charge >= 0.3 is 0 Å². The number of pyridine rings is 1. The molecule has 0 aromatic carbocycles. The molecule has 0 spiro atoms. The molecule has 1 unspecified atom stereocenters. The van der Waals surface area contributed by atoms with E-state index in [1.807, 2.05) is 12.3 Å². The van der Waals surface area contributed by atoms with Gasteiger partial charge < -0.3 is 5.32 Å². The fraction of sp³-hybridized carbons (Fsp3) is 0.308. The molecule has 2 nitrogen and oxygen atoms in total. The lowest BCUT2D eigenvalue weighted by Crippen LogP contribution is -2.18. The molecule has 0 saturated heterocycles. The first-order valence-corrected chi connectivity index (χ1v) is 7.35. The van der Waals surface area contributed by atoms with Crippen molar-refractivity contribution in [2.75, 3.05) is 0 Å². The fourth-order valence-electron chi connectivity index (χ4n) is 2.28. The van der Waals surface area contributed by atoms with Gasteiger partial charge in [-0.2, -0.15) is 0 Å². The predicted octanol–water partition coefficient (Wildman–Crippen LogP) is 3.68. The molecule has 4 heteroatoms. The normalized spacial score (nSPS) is 18.3. The summed E-state index contributed by atoms with van der Waals surface area (Å²) in [5.74, 6) is 0. The lowest BCUT2D eigenvalue weighted by atomic mass is 10.2. The van der Waals surface area contributed by atoms with Crippen molar-refractivity contribution in [1.82, 2.24) is 10.3 Å². The van der Waals surface area contributed by atoms with E-state index in [-0.39, 0.29) is 0 Å². The second kappa shape index (κ2) is 4.88. The van der Waals surface area contributed by atoms with Gasteiger partial charge in [-0.3, -0.25) is 4.98 Å². The third-order valence-corrected chi connectivity index (χ3v) is 4.73. The monoisotopic (exact) mass is 308 g/mol. The largest absolute Gasteiger partial charge is 0.304 e. The average molecular weight is 309 g/mol. The van der Waals surface area contributed by atoms with Crippen LogP contribution in [0.3, 0.4) is 0 Å². The zero-order valence-electron chi connectivity index (χ0n) is 9.32. The molecule has 0 bridgehead atoms. The number of rotatable bonds is 3. The van der Waals surface area contributed by atoms with Gasteiger partial charge in [-0.25, -0.2) is 0 Å². The summed E-state index contributed by atoms with van der Waals surface area (Å²) < 4.78 is 1.19. The number of hydrogen-bond acceptors (Lipinski definition) is 3. The lowest BCUT2D eigenvalue weighted by Gasteiger charge is -2.11. The van der Waals surface area contributed by atoms with Gasteiger partial charge in [0, 0.05) is 17.6 Å². The Kier molecular flexibility index (Phi) is 3.27. The highest BCUT2D eigenvalue weighted by molar-refractivity contribution is 9.11. The van der Waals surface area contributed by atoms with Crippen molar-refractivity contribution in [3.05, 3.63) is 50.4 Å². The summed E-state index contributed by atoms with van der Waals surface area (Å²) in [5, 5.41) is 3.59. The van der Waals surface area contributed by atoms with E-state index in [2.05, 4.69) is 44.4 Å². The highest BCUT2D eigenvalue weighted by Gasteiger charge is 2.22. The van der Waals surface area contributed by atoms with Crippen molar-refractivity contribution in [2.45, 2.75) is 25.4 Å². The number of nitrogens with zero attached hydrogens (tertiary/aromatic N) is 1. The molecule has 2 aromatic rings. The smallest absolute Gasteiger partial charge is 0.0701 e. The quantitative estimate of drug-likeness (QED) is 0.935. The molecular formula is C13H13BrN2S. The molecule has 1 aliphatic carbocycles. The van der Waals surface area contributed by atoms with Crippen molar-refractivity contribution >= 4 is 27.3 Å². The van der Waals surface area contributed by atoms with E-state index in [1.54, 1.807) is 11.3 Å². The van der Waals surface area contributed by atoms with Crippen LogP contribution in [-0.4, -0.2) is 4.98 Å². The Balaban J connectivity index is 1.68. The molecule has 2 aromatic heterocycles. The molecule has 0 saturated carbocycles. The van der Waals surface area contributed by atoms with E-state index in [0.29, 0.717) is 6.04 Å². The standard InChI is InChI=1S/C13H13BrN2S/c14-12-6-4-10(17-12)8-16-11-5-3-9-2-1-7-15-13(9)11/h1-2,4,6-7,11,16H,3,5,8H2. The SMILES string of the molecule is Brc1ccc(CNC2CCc3cccnc32)s1. The van der Waals surface area contributed by atoms with Crippen LogP contribution in [0, 0.1) is 0 Å². The molecule has 1 N–H and O–H groups in total. The first-order chi connectivity index (χ1) is 8.33. The van der Waals surface area contributed by atoms with Crippen LogP contribution >= 0.6 is 27.3 Å². The Morgan fingerprint density at radius 2 is 2.35 bits per heavy atom. The number of aryl methyl sites for hydroxylation is 1. The highest BCUT2D eigenvalue weighted by atomic mass is 79.9. The molecule has 0 amide bonds. The van der Waals surface area contributed by atoms with E-state index in [9.17, 15) is 0 Å². The number of fused-ring (bicyclic) bond motifs is 1. The maximum Gasteiger partial charge on any atom is 0.0701 e. The lowest BCUT2D eigenvalue weighted by molar-refractivity contribution is 0.524. The Hall–Kier alpha value is -0.710. The Morgan fingerprint density at radius 3 is 3.18 bits per heavy atom. The minimum Gasteiger partial charge on any atom is -0.304 e. The van der Waals surface area contributed by atoms with Gasteiger partial charge in [0.2, 0.25) is 0 Å². The first-order valence-electron chi connectivity index (χ1n) is 5.74. The van der Waals surface area contributed by atoms with Crippen LogP contribution in [-0.2, 0) is 13.0 Å². The highest BCUT2D eigenvalue weighted by Crippen LogP contribution is 2.29. The summed E-state index contributed by atoms with van der Waals surface area (Å²) in [6.45, 7) is 0.928. The summed E-state index contributed by atoms with van der Waals surface area (Å²) in [6, 6.07) is 8.90. The van der Waals surface area contributed by atoms with Gasteiger partial charge in [-0.05, 0) is 52.5 Å². The van der Waals surface area contributed by atoms with Crippen molar-refractivity contribution in [3.63, 3.8) is 0 Å². The molecule has 0 aliphatic heterocycles. The van der Waals surface area contributed by atoms with E-state index in [1.165, 1.54) is 26.3 Å². The molecule has 1 atom stereocenters. The van der Waals surface area contributed by atoms with Gasteiger partial charge in [0.15, 0.2) is 0 Å². The van der Waals surface area contributed by atoms with Crippen molar-refractivity contribution in [1.29, 1.82) is 0 Å². The van der Waals surface area contributed by atoms with Crippen LogP contribution in [0.15, 0.2) is 34.2 Å². The van der Waals surface area contributed by atoms with Gasteiger partial charge in [0.05, 0.1) is 15.5 Å². The molecule has 88 valence electrons. The van der Waals surface area contributed by atoms with Crippen molar-refractivity contribution < 1.29 is 0 Å². The maximum absolute atomic E-state index is 4.49. The van der Waals surface area contributed by atoms with Crippen LogP contribution in [0.5, 0.6) is 0 Å². The van der Waals surface area contributed by atoms with Gasteiger partial charge in [0.25, 0.3) is 0 Å². The van der Waals surface area contributed by atoms with Crippen LogP contribution in [0.25, 0.3) is 0 Å². The summed E-state index contributed by atoms with van der Waals surface area (Å²) in [5.41, 5.74) is 2.64. The Morgan fingerprint density at radius 1 is 1.41 bits per heavy atom. The molecule has 3 rings (SSSR count). The average Bonchev–Trinajstić information content (AvgIpc) is 2.93. The second-order valence-corrected chi connectivity index (χ2v) is 6.77. The van der Waals surface area contributed by atoms with E-state index in [0.717, 1.165) is 13.0 Å². The van der Waals surface area contributed by atoms with Crippen LogP contribution < -0.4 is 5.32 Å². The number of hydrogen-bond donors (Lipinski definition) is 1. The number of nitrogens with one attached hydrogen (secondary N) is 1. The van der Waals surface area contributed by atoms with Crippen LogP contribution in [0.4, 0.5) is 0 Å². The van der Waals surface area contributed by atoms with E-state index < -0.39 is 0 Å².